The average molecular weight is 580 g/mol. The van der Waals surface area contributed by atoms with E-state index in [4.69, 9.17) is 14.8 Å². The highest BCUT2D eigenvalue weighted by molar-refractivity contribution is 7.16. The van der Waals surface area contributed by atoms with Crippen LogP contribution in [0.3, 0.4) is 0 Å². The molecular weight excluding hydrogens is 539 g/mol. The van der Waals surface area contributed by atoms with Gasteiger partial charge in [0.05, 0.1) is 27.8 Å². The molecule has 1 aliphatic rings. The predicted octanol–water partition coefficient (Wildman–Crippen LogP) is 5.71. The molecule has 1 aromatic carbocycles. The number of hydrogen-bond acceptors (Lipinski definition) is 7. The summed E-state index contributed by atoms with van der Waals surface area (Å²) in [7, 11) is -1.16. The van der Waals surface area contributed by atoms with E-state index in [1.54, 1.807) is 4.57 Å². The van der Waals surface area contributed by atoms with Crippen LogP contribution in [0.2, 0.25) is 25.7 Å². The number of aromatic nitrogens is 4. The minimum atomic E-state index is -1.16. The third kappa shape index (κ3) is 6.74. The molecule has 0 saturated carbocycles. The van der Waals surface area contributed by atoms with E-state index >= 15 is 0 Å². The van der Waals surface area contributed by atoms with E-state index in [1.165, 1.54) is 11.3 Å². The fraction of sp³-hybridized carbons (Fsp3) is 0.500. The quantitative estimate of drug-likeness (QED) is 0.181. The van der Waals surface area contributed by atoms with Crippen molar-refractivity contribution in [3.8, 4) is 5.82 Å². The van der Waals surface area contributed by atoms with Crippen LogP contribution < -0.4 is 9.77 Å². The smallest absolute Gasteiger partial charge is 0.310 e. The van der Waals surface area contributed by atoms with Crippen molar-refractivity contribution in [2.45, 2.75) is 64.5 Å². The summed E-state index contributed by atoms with van der Waals surface area (Å²) < 4.78 is 10.4. The van der Waals surface area contributed by atoms with Crippen LogP contribution in [0.1, 0.15) is 43.4 Å². The van der Waals surface area contributed by atoms with E-state index in [2.05, 4.69) is 49.7 Å². The van der Waals surface area contributed by atoms with Crippen LogP contribution in [-0.2, 0) is 11.5 Å². The maximum Gasteiger partial charge on any atom is 0.310 e. The van der Waals surface area contributed by atoms with Gasteiger partial charge in [0.15, 0.2) is 5.82 Å². The molecule has 0 aliphatic carbocycles. The van der Waals surface area contributed by atoms with Crippen molar-refractivity contribution in [3.63, 3.8) is 0 Å². The molecule has 214 valence electrons. The molecule has 1 saturated heterocycles. The van der Waals surface area contributed by atoms with E-state index in [1.807, 2.05) is 35.3 Å². The molecule has 0 radical (unpaired) electrons. The summed E-state index contributed by atoms with van der Waals surface area (Å²) in [6.07, 6.45) is 7.02. The lowest BCUT2D eigenvalue weighted by molar-refractivity contribution is 0.0888. The monoisotopic (exact) mass is 579 g/mol. The first kappa shape index (κ1) is 28.7. The van der Waals surface area contributed by atoms with Crippen molar-refractivity contribution in [2.24, 2.45) is 5.92 Å². The molecule has 1 fully saturated rings. The lowest BCUT2D eigenvalue weighted by Gasteiger charge is -2.33. The van der Waals surface area contributed by atoms with E-state index in [-0.39, 0.29) is 17.4 Å². The van der Waals surface area contributed by atoms with Crippen molar-refractivity contribution in [3.05, 3.63) is 69.7 Å². The van der Waals surface area contributed by atoms with E-state index in [9.17, 15) is 9.90 Å². The molecule has 8 nitrogen and oxygen atoms in total. The number of ether oxygens (including phenoxy) is 1. The summed E-state index contributed by atoms with van der Waals surface area (Å²) in [5, 5.41) is 14.0. The average Bonchev–Trinajstić information content (AvgIpc) is 3.55. The van der Waals surface area contributed by atoms with Crippen molar-refractivity contribution in [2.75, 3.05) is 31.2 Å². The molecule has 5 rings (SSSR count). The van der Waals surface area contributed by atoms with Crippen LogP contribution in [0.5, 0.6) is 0 Å². The highest BCUT2D eigenvalue weighted by atomic mass is 32.1. The number of rotatable bonds is 11. The summed E-state index contributed by atoms with van der Waals surface area (Å²) >= 11 is 1.27. The Morgan fingerprint density at radius 1 is 1.15 bits per heavy atom. The van der Waals surface area contributed by atoms with E-state index in [0.29, 0.717) is 19.3 Å². The molecule has 0 amide bonds. The second-order valence-corrected chi connectivity index (χ2v) is 18.7. The minimum absolute atomic E-state index is 0.0149. The number of fused-ring (bicyclic) bond motifs is 1. The van der Waals surface area contributed by atoms with Crippen LogP contribution in [0.4, 0.5) is 5.69 Å². The summed E-state index contributed by atoms with van der Waals surface area (Å²) in [5.41, 5.74) is 4.13. The number of hydrogen-bond donors (Lipinski definition) is 1. The topological polar surface area (TPSA) is 85.4 Å². The Morgan fingerprint density at radius 3 is 2.65 bits per heavy atom. The zero-order valence-electron chi connectivity index (χ0n) is 24.0. The zero-order chi connectivity index (χ0) is 28.3. The first-order valence-electron chi connectivity index (χ1n) is 14.3. The molecule has 1 aliphatic heterocycles. The van der Waals surface area contributed by atoms with Gasteiger partial charge in [-0.25, -0.2) is 9.67 Å². The summed E-state index contributed by atoms with van der Waals surface area (Å²) in [6.45, 7) is 12.4. The molecule has 10 heteroatoms. The highest BCUT2D eigenvalue weighted by Gasteiger charge is 2.20. The molecule has 4 aromatic rings. The molecule has 40 heavy (non-hydrogen) atoms. The van der Waals surface area contributed by atoms with Crippen LogP contribution in [0.15, 0.2) is 53.6 Å². The lowest BCUT2D eigenvalue weighted by atomic mass is 9.94. The second-order valence-electron chi connectivity index (χ2n) is 12.1. The zero-order valence-corrected chi connectivity index (χ0v) is 25.9. The molecule has 3 aromatic heterocycles. The lowest BCUT2D eigenvalue weighted by Crippen LogP contribution is -2.34. The molecule has 1 N–H and O–H groups in total. The van der Waals surface area contributed by atoms with E-state index in [0.717, 1.165) is 71.4 Å². The third-order valence-corrected chi connectivity index (χ3v) is 10.6. The number of aliphatic hydroxyl groups excluding tert-OH is 1. The number of thiazole rings is 1. The standard InChI is InChI=1S/C30H41N5O3SSi/c1-22(24-5-7-27-28(19-24)39-30(37)34(27)21-38-17-18-40(2,3)4)26-11-15-35(32-26)29-8-6-25(20-31-29)33-13-9-23(10-14-33)12-16-36/h5-8,11,15,19-20,22-23,36H,9-10,12-14,16-18,21H2,1-4H3. The Morgan fingerprint density at radius 2 is 1.95 bits per heavy atom. The largest absolute Gasteiger partial charge is 0.396 e. The van der Waals surface area contributed by atoms with Crippen molar-refractivity contribution in [1.82, 2.24) is 19.3 Å². The molecule has 4 heterocycles. The SMILES string of the molecule is CC(c1ccc2c(c1)sc(=O)n2COCC[Si](C)(C)C)c1ccn(-c2ccc(N3CCC(CCO)CC3)cn2)n1. The molecule has 0 bridgehead atoms. The number of benzene rings is 1. The van der Waals surface area contributed by atoms with Gasteiger partial charge in [0.1, 0.15) is 6.73 Å². The minimum Gasteiger partial charge on any atom is -0.396 e. The van der Waals surface area contributed by atoms with Crippen LogP contribution in [-0.4, -0.2) is 58.8 Å². The van der Waals surface area contributed by atoms with Crippen LogP contribution in [0.25, 0.3) is 16.0 Å². The number of nitrogens with zero attached hydrogens (tertiary/aromatic N) is 5. The predicted molar refractivity (Wildman–Crippen MR) is 166 cm³/mol. The van der Waals surface area contributed by atoms with Gasteiger partial charge >= 0.3 is 4.87 Å². The first-order chi connectivity index (χ1) is 19.2. The maximum absolute atomic E-state index is 12.7. The van der Waals surface area contributed by atoms with Gasteiger partial charge in [-0.15, -0.1) is 0 Å². The highest BCUT2D eigenvalue weighted by Crippen LogP contribution is 2.29. The van der Waals surface area contributed by atoms with Gasteiger partial charge in [0.25, 0.3) is 0 Å². The maximum atomic E-state index is 12.7. The Kier molecular flexibility index (Phi) is 8.89. The fourth-order valence-corrected chi connectivity index (χ4v) is 6.92. The molecule has 1 atom stereocenters. The Balaban J connectivity index is 1.24. The number of piperidine rings is 1. The number of aliphatic hydroxyl groups is 1. The van der Waals surface area contributed by atoms with E-state index < -0.39 is 8.07 Å². The van der Waals surface area contributed by atoms with Gasteiger partial charge in [-0.3, -0.25) is 9.36 Å². The number of pyridine rings is 1. The number of anilines is 1. The fourth-order valence-electron chi connectivity index (χ4n) is 5.24. The van der Waals surface area contributed by atoms with Gasteiger partial charge in [-0.1, -0.05) is 44.0 Å². The Labute approximate surface area is 241 Å². The van der Waals surface area contributed by atoms with Crippen LogP contribution in [0, 0.1) is 5.92 Å². The molecule has 1 unspecified atom stereocenters. The third-order valence-electron chi connectivity index (χ3n) is 7.95. The summed E-state index contributed by atoms with van der Waals surface area (Å²) in [5.74, 6) is 1.49. The van der Waals surface area contributed by atoms with Crippen molar-refractivity contribution < 1.29 is 9.84 Å². The van der Waals surface area contributed by atoms with Gasteiger partial charge in [-0.05, 0) is 67.1 Å². The van der Waals surface area contributed by atoms with Crippen LogP contribution >= 0.6 is 11.3 Å². The molecular formula is C30H41N5O3SSi. The van der Waals surface area contributed by atoms with Crippen molar-refractivity contribution >= 4 is 35.3 Å². The first-order valence-corrected chi connectivity index (χ1v) is 18.8. The van der Waals surface area contributed by atoms with Gasteiger partial charge in [-0.2, -0.15) is 5.10 Å². The normalized spacial score (nSPS) is 15.7. The Bertz CT molecular complexity index is 1470. The Hall–Kier alpha value is -2.79. The van der Waals surface area contributed by atoms with Crippen molar-refractivity contribution in [1.29, 1.82) is 0 Å². The van der Waals surface area contributed by atoms with Gasteiger partial charge < -0.3 is 14.7 Å². The summed E-state index contributed by atoms with van der Waals surface area (Å²) in [4.78, 5) is 19.8. The second kappa shape index (κ2) is 12.4. The van der Waals surface area contributed by atoms with Gasteiger partial charge in [0, 0.05) is 46.5 Å². The summed E-state index contributed by atoms with van der Waals surface area (Å²) in [6, 6.07) is 13.5. The van der Waals surface area contributed by atoms with Gasteiger partial charge in [0.2, 0.25) is 0 Å². The molecule has 0 spiro atoms.